The number of rotatable bonds is 5. The van der Waals surface area contributed by atoms with E-state index in [2.05, 4.69) is 15.5 Å². The van der Waals surface area contributed by atoms with Crippen LogP contribution in [0.15, 0.2) is 24.3 Å². The van der Waals surface area contributed by atoms with Crippen molar-refractivity contribution in [3.63, 3.8) is 0 Å². The fourth-order valence-corrected chi connectivity index (χ4v) is 1.88. The molecule has 5 N–H and O–H groups in total. The Hall–Kier alpha value is -2.34. The number of carbonyl (C=O) groups is 1. The molecular weight excluding hydrogens is 256 g/mol. The van der Waals surface area contributed by atoms with Crippen LogP contribution in [0.4, 0.5) is 11.4 Å². The van der Waals surface area contributed by atoms with Crippen molar-refractivity contribution in [2.75, 3.05) is 11.1 Å². The summed E-state index contributed by atoms with van der Waals surface area (Å²) >= 11 is 0. The van der Waals surface area contributed by atoms with Gasteiger partial charge in [-0.05, 0) is 24.1 Å². The zero-order valence-corrected chi connectivity index (χ0v) is 11.3. The molecule has 2 rings (SSSR count). The molecule has 0 saturated carbocycles. The molecule has 0 unspecified atom stereocenters. The summed E-state index contributed by atoms with van der Waals surface area (Å²) in [5, 5.41) is 18.4. The Labute approximate surface area is 117 Å². The standard InChI is InChI=1S/C14H18N4O2/c1-2-3-11-12(15)13(18-17-11)14(20)16-10-6-4-9(8-19)5-7-10/h4-7,19H,2-3,8,15H2,1H3,(H,16,20)(H,17,18). The number of hydrogen-bond acceptors (Lipinski definition) is 4. The minimum Gasteiger partial charge on any atom is -0.395 e. The molecule has 0 bridgehead atoms. The fraction of sp³-hybridized carbons (Fsp3) is 0.286. The number of nitrogens with one attached hydrogen (secondary N) is 2. The maximum absolute atomic E-state index is 12.1. The first-order valence-electron chi connectivity index (χ1n) is 6.49. The highest BCUT2D eigenvalue weighted by Gasteiger charge is 2.16. The van der Waals surface area contributed by atoms with E-state index in [9.17, 15) is 4.79 Å². The highest BCUT2D eigenvalue weighted by atomic mass is 16.3. The summed E-state index contributed by atoms with van der Waals surface area (Å²) in [4.78, 5) is 12.1. The second-order valence-corrected chi connectivity index (χ2v) is 4.52. The minimum absolute atomic E-state index is 0.0269. The molecule has 0 spiro atoms. The van der Waals surface area contributed by atoms with E-state index in [0.29, 0.717) is 11.4 Å². The van der Waals surface area contributed by atoms with Gasteiger partial charge in [0.2, 0.25) is 0 Å². The van der Waals surface area contributed by atoms with E-state index < -0.39 is 0 Å². The average molecular weight is 274 g/mol. The van der Waals surface area contributed by atoms with Gasteiger partial charge in [-0.15, -0.1) is 0 Å². The van der Waals surface area contributed by atoms with E-state index in [-0.39, 0.29) is 18.2 Å². The number of nitrogen functional groups attached to an aromatic ring is 1. The lowest BCUT2D eigenvalue weighted by Crippen LogP contribution is -2.14. The predicted molar refractivity (Wildman–Crippen MR) is 77.3 cm³/mol. The third kappa shape index (κ3) is 2.97. The van der Waals surface area contributed by atoms with Crippen LogP contribution in [0.2, 0.25) is 0 Å². The number of amides is 1. The number of aliphatic hydroxyl groups is 1. The number of nitrogens with zero attached hydrogens (tertiary/aromatic N) is 1. The first kappa shape index (κ1) is 14.1. The lowest BCUT2D eigenvalue weighted by Gasteiger charge is -2.04. The molecule has 106 valence electrons. The maximum Gasteiger partial charge on any atom is 0.278 e. The van der Waals surface area contributed by atoms with Crippen LogP contribution in [0.1, 0.15) is 35.1 Å². The molecule has 2 aromatic rings. The zero-order valence-electron chi connectivity index (χ0n) is 11.3. The van der Waals surface area contributed by atoms with E-state index >= 15 is 0 Å². The van der Waals surface area contributed by atoms with Gasteiger partial charge in [-0.3, -0.25) is 9.89 Å². The maximum atomic E-state index is 12.1. The SMILES string of the molecule is CCCc1[nH]nc(C(=O)Nc2ccc(CO)cc2)c1N. The number of aromatic amines is 1. The van der Waals surface area contributed by atoms with Crippen molar-refractivity contribution in [1.82, 2.24) is 10.2 Å². The van der Waals surface area contributed by atoms with Gasteiger partial charge in [0.05, 0.1) is 18.0 Å². The smallest absolute Gasteiger partial charge is 0.278 e. The van der Waals surface area contributed by atoms with Crippen molar-refractivity contribution in [3.8, 4) is 0 Å². The van der Waals surface area contributed by atoms with Gasteiger partial charge in [0.25, 0.3) is 5.91 Å². The van der Waals surface area contributed by atoms with Gasteiger partial charge in [0, 0.05) is 5.69 Å². The first-order valence-corrected chi connectivity index (χ1v) is 6.49. The normalized spacial score (nSPS) is 10.5. The van der Waals surface area contributed by atoms with E-state index in [0.717, 1.165) is 24.1 Å². The fourth-order valence-electron chi connectivity index (χ4n) is 1.88. The Morgan fingerprint density at radius 1 is 1.40 bits per heavy atom. The zero-order chi connectivity index (χ0) is 14.5. The molecule has 1 heterocycles. The van der Waals surface area contributed by atoms with Crippen LogP contribution in [0.5, 0.6) is 0 Å². The van der Waals surface area contributed by atoms with Gasteiger partial charge in [-0.2, -0.15) is 5.10 Å². The van der Waals surface area contributed by atoms with Gasteiger partial charge in [0.15, 0.2) is 5.69 Å². The van der Waals surface area contributed by atoms with Crippen LogP contribution >= 0.6 is 0 Å². The Kier molecular flexibility index (Phi) is 4.37. The second kappa shape index (κ2) is 6.21. The number of H-pyrrole nitrogens is 1. The Bertz CT molecular complexity index is 590. The largest absolute Gasteiger partial charge is 0.395 e. The van der Waals surface area contributed by atoms with E-state index in [1.165, 1.54) is 0 Å². The van der Waals surface area contributed by atoms with Gasteiger partial charge in [-0.25, -0.2) is 0 Å². The monoisotopic (exact) mass is 274 g/mol. The molecule has 1 amide bonds. The summed E-state index contributed by atoms with van der Waals surface area (Å²) < 4.78 is 0. The molecule has 1 aromatic heterocycles. The van der Waals surface area contributed by atoms with Gasteiger partial charge in [0.1, 0.15) is 0 Å². The molecule has 0 radical (unpaired) electrons. The molecule has 20 heavy (non-hydrogen) atoms. The lowest BCUT2D eigenvalue weighted by atomic mass is 10.2. The topological polar surface area (TPSA) is 104 Å². The van der Waals surface area contributed by atoms with Crippen LogP contribution in [-0.4, -0.2) is 21.2 Å². The lowest BCUT2D eigenvalue weighted by molar-refractivity contribution is 0.102. The second-order valence-electron chi connectivity index (χ2n) is 4.52. The summed E-state index contributed by atoms with van der Waals surface area (Å²) in [5.41, 5.74) is 8.71. The molecular formula is C14H18N4O2. The quantitative estimate of drug-likeness (QED) is 0.666. The number of carbonyl (C=O) groups excluding carboxylic acids is 1. The van der Waals surface area contributed by atoms with Crippen molar-refractivity contribution < 1.29 is 9.90 Å². The van der Waals surface area contributed by atoms with Crippen LogP contribution in [0, 0.1) is 0 Å². The van der Waals surface area contributed by atoms with Crippen molar-refractivity contribution in [2.24, 2.45) is 0 Å². The van der Waals surface area contributed by atoms with Crippen molar-refractivity contribution in [2.45, 2.75) is 26.4 Å². The van der Waals surface area contributed by atoms with Crippen molar-refractivity contribution >= 4 is 17.3 Å². The highest BCUT2D eigenvalue weighted by molar-refractivity contribution is 6.06. The summed E-state index contributed by atoms with van der Waals surface area (Å²) in [6.07, 6.45) is 1.69. The molecule has 0 saturated heterocycles. The number of aryl methyl sites for hydroxylation is 1. The summed E-state index contributed by atoms with van der Waals surface area (Å²) in [7, 11) is 0. The highest BCUT2D eigenvalue weighted by Crippen LogP contribution is 2.17. The minimum atomic E-state index is -0.349. The Morgan fingerprint density at radius 2 is 2.10 bits per heavy atom. The van der Waals surface area contributed by atoms with Gasteiger partial charge in [-0.1, -0.05) is 25.5 Å². The molecule has 1 aromatic carbocycles. The summed E-state index contributed by atoms with van der Waals surface area (Å²) in [5.74, 6) is -0.349. The van der Waals surface area contributed by atoms with Crippen LogP contribution in [0.3, 0.4) is 0 Å². The third-order valence-corrected chi connectivity index (χ3v) is 2.99. The number of hydrogen-bond donors (Lipinski definition) is 4. The van der Waals surface area contributed by atoms with Gasteiger partial charge >= 0.3 is 0 Å². The molecule has 0 aliphatic carbocycles. The molecule has 0 atom stereocenters. The van der Waals surface area contributed by atoms with Crippen molar-refractivity contribution in [1.29, 1.82) is 0 Å². The molecule has 6 heteroatoms. The van der Waals surface area contributed by atoms with E-state index in [1.807, 2.05) is 6.92 Å². The van der Waals surface area contributed by atoms with Crippen LogP contribution < -0.4 is 11.1 Å². The summed E-state index contributed by atoms with van der Waals surface area (Å²) in [6.45, 7) is 2.00. The summed E-state index contributed by atoms with van der Waals surface area (Å²) in [6, 6.07) is 6.93. The molecule has 0 aliphatic heterocycles. The Balaban J connectivity index is 2.11. The molecule has 0 aliphatic rings. The van der Waals surface area contributed by atoms with Crippen LogP contribution in [-0.2, 0) is 13.0 Å². The Morgan fingerprint density at radius 3 is 2.70 bits per heavy atom. The average Bonchev–Trinajstić information content (AvgIpc) is 2.82. The number of aliphatic hydroxyl groups excluding tert-OH is 1. The number of nitrogens with two attached hydrogens (primary N) is 1. The number of anilines is 2. The first-order chi connectivity index (χ1) is 9.65. The predicted octanol–water partition coefficient (Wildman–Crippen LogP) is 1.69. The van der Waals surface area contributed by atoms with E-state index in [1.54, 1.807) is 24.3 Å². The van der Waals surface area contributed by atoms with E-state index in [4.69, 9.17) is 10.8 Å². The third-order valence-electron chi connectivity index (χ3n) is 2.99. The molecule has 6 nitrogen and oxygen atoms in total. The van der Waals surface area contributed by atoms with Crippen LogP contribution in [0.25, 0.3) is 0 Å². The van der Waals surface area contributed by atoms with Gasteiger partial charge < -0.3 is 16.2 Å². The number of benzene rings is 1. The van der Waals surface area contributed by atoms with Crippen molar-refractivity contribution in [3.05, 3.63) is 41.2 Å². The molecule has 0 fully saturated rings. The number of aromatic nitrogens is 2.